The van der Waals surface area contributed by atoms with Crippen molar-refractivity contribution in [2.75, 3.05) is 13.1 Å². The van der Waals surface area contributed by atoms with Gasteiger partial charge in [-0.2, -0.15) is 0 Å². The van der Waals surface area contributed by atoms with Gasteiger partial charge >= 0.3 is 0 Å². The van der Waals surface area contributed by atoms with Gasteiger partial charge in [-0.05, 0) is 47.4 Å². The summed E-state index contributed by atoms with van der Waals surface area (Å²) in [5, 5.41) is 3.91. The molecule has 0 unspecified atom stereocenters. The number of hydrogen-bond acceptors (Lipinski definition) is 2. The minimum Gasteiger partial charge on any atom is -0.463 e. The van der Waals surface area contributed by atoms with Gasteiger partial charge in [0.2, 0.25) is 0 Å². The number of hydrogen-bond donors (Lipinski definition) is 1. The van der Waals surface area contributed by atoms with Gasteiger partial charge in [-0.3, -0.25) is 0 Å². The van der Waals surface area contributed by atoms with Crippen LogP contribution in [0, 0.1) is 11.7 Å². The van der Waals surface area contributed by atoms with Crippen LogP contribution in [0.1, 0.15) is 19.4 Å². The Kier molecular flexibility index (Phi) is 4.87. The smallest absolute Gasteiger partial charge is 0.153 e. The van der Waals surface area contributed by atoms with Crippen molar-refractivity contribution < 1.29 is 8.81 Å². The molecule has 0 atom stereocenters. The molecule has 0 saturated heterocycles. The molecule has 2 rings (SSSR count). The fourth-order valence-corrected chi connectivity index (χ4v) is 2.82. The van der Waals surface area contributed by atoms with Crippen LogP contribution >= 0.6 is 27.5 Å². The van der Waals surface area contributed by atoms with E-state index in [0.29, 0.717) is 27.8 Å². The van der Waals surface area contributed by atoms with E-state index in [4.69, 9.17) is 16.0 Å². The molecule has 5 heteroatoms. The molecule has 0 aliphatic heterocycles. The van der Waals surface area contributed by atoms with Crippen LogP contribution in [0.2, 0.25) is 5.02 Å². The van der Waals surface area contributed by atoms with Gasteiger partial charge in [0, 0.05) is 5.56 Å². The molecule has 2 aromatic rings. The number of nitrogens with one attached hydrogen (secondary N) is 1. The van der Waals surface area contributed by atoms with Gasteiger partial charge in [0.25, 0.3) is 0 Å². The molecule has 0 fully saturated rings. The minimum absolute atomic E-state index is 0.108. The summed E-state index contributed by atoms with van der Waals surface area (Å²) in [6.07, 6.45) is 2.31. The Bertz CT molecular complexity index is 582. The lowest BCUT2D eigenvalue weighted by atomic mass is 10.1. The zero-order valence-corrected chi connectivity index (χ0v) is 13.2. The summed E-state index contributed by atoms with van der Waals surface area (Å²) in [6, 6.07) is 1.52. The van der Waals surface area contributed by atoms with Crippen molar-refractivity contribution in [1.82, 2.24) is 5.32 Å². The highest BCUT2D eigenvalue weighted by Crippen LogP contribution is 2.35. The van der Waals surface area contributed by atoms with Gasteiger partial charge in [0.15, 0.2) is 11.4 Å². The first-order valence-corrected chi connectivity index (χ1v) is 7.42. The van der Waals surface area contributed by atoms with Gasteiger partial charge in [-0.15, -0.1) is 0 Å². The monoisotopic (exact) mass is 347 g/mol. The fourth-order valence-electron chi connectivity index (χ4n) is 1.97. The predicted octanol–water partition coefficient (Wildman–Crippen LogP) is 4.78. The number of furan rings is 1. The molecule has 0 aliphatic rings. The van der Waals surface area contributed by atoms with E-state index in [1.54, 1.807) is 6.26 Å². The van der Waals surface area contributed by atoms with Crippen molar-refractivity contribution in [3.63, 3.8) is 0 Å². The quantitative estimate of drug-likeness (QED) is 0.621. The number of fused-ring (bicyclic) bond motifs is 1. The molecule has 0 radical (unpaired) electrons. The molecule has 1 heterocycles. The van der Waals surface area contributed by atoms with Crippen LogP contribution in [0.25, 0.3) is 11.0 Å². The Balaban J connectivity index is 2.20. The molecule has 0 amide bonds. The maximum Gasteiger partial charge on any atom is 0.153 e. The zero-order chi connectivity index (χ0) is 14.0. The third-order valence-electron chi connectivity index (χ3n) is 2.89. The maximum absolute atomic E-state index is 14.1. The van der Waals surface area contributed by atoms with Crippen LogP contribution in [-0.4, -0.2) is 13.1 Å². The molecule has 0 saturated carbocycles. The fraction of sp³-hybridized carbons (Fsp3) is 0.429. The number of halogens is 3. The molecule has 1 N–H and O–H groups in total. The molecule has 0 bridgehead atoms. The van der Waals surface area contributed by atoms with E-state index in [9.17, 15) is 4.39 Å². The third-order valence-corrected chi connectivity index (χ3v) is 3.75. The van der Waals surface area contributed by atoms with Crippen molar-refractivity contribution in [2.45, 2.75) is 20.3 Å². The molecule has 0 spiro atoms. The van der Waals surface area contributed by atoms with Crippen LogP contribution in [-0.2, 0) is 6.42 Å². The highest BCUT2D eigenvalue weighted by Gasteiger charge is 2.16. The van der Waals surface area contributed by atoms with Gasteiger partial charge in [0.1, 0.15) is 0 Å². The second-order valence-corrected chi connectivity index (χ2v) is 6.23. The van der Waals surface area contributed by atoms with Crippen LogP contribution in [0.4, 0.5) is 4.39 Å². The van der Waals surface area contributed by atoms with Crippen molar-refractivity contribution in [2.24, 2.45) is 5.92 Å². The van der Waals surface area contributed by atoms with Crippen LogP contribution in [0.5, 0.6) is 0 Å². The molecular weight excluding hydrogens is 333 g/mol. The maximum atomic E-state index is 14.1. The Morgan fingerprint density at radius 1 is 1.47 bits per heavy atom. The number of benzene rings is 1. The molecule has 0 aliphatic carbocycles. The molecule has 104 valence electrons. The summed E-state index contributed by atoms with van der Waals surface area (Å²) in [5.41, 5.74) is 1.35. The summed E-state index contributed by atoms with van der Waals surface area (Å²) >= 11 is 9.20. The largest absolute Gasteiger partial charge is 0.463 e. The van der Waals surface area contributed by atoms with Gasteiger partial charge in [-0.1, -0.05) is 25.4 Å². The lowest BCUT2D eigenvalue weighted by Crippen LogP contribution is -2.22. The molecule has 19 heavy (non-hydrogen) atoms. The van der Waals surface area contributed by atoms with Gasteiger partial charge in [0.05, 0.1) is 21.1 Å². The molecule has 1 aromatic carbocycles. The van der Waals surface area contributed by atoms with Crippen molar-refractivity contribution >= 4 is 38.5 Å². The second kappa shape index (κ2) is 6.25. The van der Waals surface area contributed by atoms with Crippen molar-refractivity contribution in [3.8, 4) is 0 Å². The van der Waals surface area contributed by atoms with E-state index in [1.807, 2.05) is 0 Å². The summed E-state index contributed by atoms with van der Waals surface area (Å²) in [5.74, 6) is 0.189. The van der Waals surface area contributed by atoms with Gasteiger partial charge in [-0.25, -0.2) is 4.39 Å². The van der Waals surface area contributed by atoms with Crippen molar-refractivity contribution in [1.29, 1.82) is 0 Å². The summed E-state index contributed by atoms with van der Waals surface area (Å²) < 4.78 is 20.2. The lowest BCUT2D eigenvalue weighted by molar-refractivity contribution is 0.551. The number of rotatable bonds is 5. The molecular formula is C14H16BrClFNO. The van der Waals surface area contributed by atoms with E-state index in [2.05, 4.69) is 35.1 Å². The average molecular weight is 349 g/mol. The normalized spacial score (nSPS) is 11.7. The van der Waals surface area contributed by atoms with E-state index in [1.165, 1.54) is 6.07 Å². The van der Waals surface area contributed by atoms with E-state index < -0.39 is 5.82 Å². The zero-order valence-electron chi connectivity index (χ0n) is 10.9. The Morgan fingerprint density at radius 2 is 2.21 bits per heavy atom. The standard InChI is InChI=1S/C14H16BrClFNO/c1-8(2)6-18-4-3-9-7-19-14-10(15)5-11(16)13(17)12(9)14/h5,7-8,18H,3-4,6H2,1-2H3. The van der Waals surface area contributed by atoms with Crippen molar-refractivity contribution in [3.05, 3.63) is 33.2 Å². The first-order chi connectivity index (χ1) is 9.00. The summed E-state index contributed by atoms with van der Waals surface area (Å²) in [4.78, 5) is 0. The van der Waals surface area contributed by atoms with Gasteiger partial charge < -0.3 is 9.73 Å². The van der Waals surface area contributed by atoms with Crippen LogP contribution in [0.15, 0.2) is 21.2 Å². The Labute approximate surface area is 125 Å². The summed E-state index contributed by atoms with van der Waals surface area (Å²) in [7, 11) is 0. The van der Waals surface area contributed by atoms with Crippen LogP contribution < -0.4 is 5.32 Å². The SMILES string of the molecule is CC(C)CNCCc1coc2c(Br)cc(Cl)c(F)c12. The third kappa shape index (κ3) is 3.30. The topological polar surface area (TPSA) is 25.2 Å². The average Bonchev–Trinajstić information content (AvgIpc) is 2.76. The second-order valence-electron chi connectivity index (χ2n) is 4.97. The van der Waals surface area contributed by atoms with Crippen LogP contribution in [0.3, 0.4) is 0 Å². The molecule has 1 aromatic heterocycles. The van der Waals surface area contributed by atoms with E-state index in [0.717, 1.165) is 18.7 Å². The highest BCUT2D eigenvalue weighted by atomic mass is 79.9. The summed E-state index contributed by atoms with van der Waals surface area (Å²) in [6.45, 7) is 6.03. The Morgan fingerprint density at radius 3 is 2.89 bits per heavy atom. The Hall–Kier alpha value is -0.580. The first kappa shape index (κ1) is 14.8. The lowest BCUT2D eigenvalue weighted by Gasteiger charge is -2.06. The highest BCUT2D eigenvalue weighted by molar-refractivity contribution is 9.10. The van der Waals surface area contributed by atoms with E-state index in [-0.39, 0.29) is 5.02 Å². The molecule has 2 nitrogen and oxygen atoms in total. The first-order valence-electron chi connectivity index (χ1n) is 6.25. The minimum atomic E-state index is -0.410. The predicted molar refractivity (Wildman–Crippen MR) is 80.3 cm³/mol. The van der Waals surface area contributed by atoms with E-state index >= 15 is 0 Å².